The number of hydrogen-bond donors (Lipinski definition) is 2. The second-order valence-corrected chi connectivity index (χ2v) is 6.66. The predicted molar refractivity (Wildman–Crippen MR) is 83.9 cm³/mol. The van der Waals surface area contributed by atoms with Crippen LogP contribution in [0.5, 0.6) is 0 Å². The molecule has 0 saturated heterocycles. The number of halogens is 2. The Morgan fingerprint density at radius 1 is 1.37 bits per heavy atom. The molecule has 0 unspecified atom stereocenters. The van der Waals surface area contributed by atoms with Crippen molar-refractivity contribution in [1.82, 2.24) is 5.32 Å². The van der Waals surface area contributed by atoms with Gasteiger partial charge < -0.3 is 11.1 Å². The van der Waals surface area contributed by atoms with Crippen molar-refractivity contribution in [3.63, 3.8) is 0 Å². The average Bonchev–Trinajstić information content (AvgIpc) is 2.78. The molecular formula is C13H12BrClN2OS. The molecule has 0 aliphatic heterocycles. The van der Waals surface area contributed by atoms with Crippen molar-refractivity contribution in [1.29, 1.82) is 0 Å². The molecule has 0 aliphatic rings. The van der Waals surface area contributed by atoms with Crippen molar-refractivity contribution in [2.45, 2.75) is 6.42 Å². The molecular weight excluding hydrogens is 348 g/mol. The van der Waals surface area contributed by atoms with Crippen LogP contribution in [-0.4, -0.2) is 12.5 Å². The minimum atomic E-state index is -0.165. The van der Waals surface area contributed by atoms with Gasteiger partial charge in [-0.2, -0.15) is 0 Å². The summed E-state index contributed by atoms with van der Waals surface area (Å²) in [6.07, 6.45) is 0.761. The highest BCUT2D eigenvalue weighted by atomic mass is 79.9. The normalized spacial score (nSPS) is 10.4. The fourth-order valence-corrected chi connectivity index (χ4v) is 3.05. The number of anilines is 1. The van der Waals surface area contributed by atoms with Crippen LogP contribution in [0, 0.1) is 0 Å². The van der Waals surface area contributed by atoms with Crippen molar-refractivity contribution >= 4 is 50.5 Å². The highest BCUT2D eigenvalue weighted by molar-refractivity contribution is 9.10. The highest BCUT2D eigenvalue weighted by Crippen LogP contribution is 2.21. The molecule has 1 amide bonds. The largest absolute Gasteiger partial charge is 0.398 e. The monoisotopic (exact) mass is 358 g/mol. The molecule has 6 heteroatoms. The van der Waals surface area contributed by atoms with E-state index in [9.17, 15) is 4.79 Å². The molecule has 0 aliphatic carbocycles. The molecule has 3 nitrogen and oxygen atoms in total. The second-order valence-electron chi connectivity index (χ2n) is 3.94. The fraction of sp³-hybridized carbons (Fsp3) is 0.154. The van der Waals surface area contributed by atoms with E-state index in [1.54, 1.807) is 18.2 Å². The van der Waals surface area contributed by atoms with Crippen molar-refractivity contribution in [2.75, 3.05) is 12.3 Å². The first kappa shape index (κ1) is 14.4. The number of benzene rings is 1. The lowest BCUT2D eigenvalue weighted by Crippen LogP contribution is -2.26. The highest BCUT2D eigenvalue weighted by Gasteiger charge is 2.09. The summed E-state index contributed by atoms with van der Waals surface area (Å²) in [5.74, 6) is -0.165. The summed E-state index contributed by atoms with van der Waals surface area (Å²) in [4.78, 5) is 13.1. The Kier molecular flexibility index (Phi) is 4.85. The number of rotatable bonds is 4. The third kappa shape index (κ3) is 3.96. The molecule has 1 heterocycles. The number of carbonyl (C=O) groups is 1. The predicted octanol–water partition coefficient (Wildman–Crippen LogP) is 3.72. The minimum absolute atomic E-state index is 0.165. The van der Waals surface area contributed by atoms with Crippen LogP contribution in [0.25, 0.3) is 0 Å². The number of amides is 1. The lowest BCUT2D eigenvalue weighted by Gasteiger charge is -2.07. The summed E-state index contributed by atoms with van der Waals surface area (Å²) < 4.78 is 1.59. The zero-order valence-electron chi connectivity index (χ0n) is 9.95. The number of nitrogen functional groups attached to an aromatic ring is 1. The fourth-order valence-electron chi connectivity index (χ4n) is 1.61. The molecule has 0 saturated carbocycles. The van der Waals surface area contributed by atoms with Gasteiger partial charge >= 0.3 is 0 Å². The van der Waals surface area contributed by atoms with Crippen LogP contribution < -0.4 is 11.1 Å². The van der Waals surface area contributed by atoms with Crippen molar-refractivity contribution < 1.29 is 4.79 Å². The van der Waals surface area contributed by atoms with Gasteiger partial charge in [0.25, 0.3) is 5.91 Å². The van der Waals surface area contributed by atoms with Crippen LogP contribution in [-0.2, 0) is 6.42 Å². The molecule has 0 spiro atoms. The van der Waals surface area contributed by atoms with Gasteiger partial charge in [0.2, 0.25) is 0 Å². The molecule has 100 valence electrons. The molecule has 3 N–H and O–H groups in total. The van der Waals surface area contributed by atoms with Gasteiger partial charge in [-0.05, 0) is 36.8 Å². The molecule has 2 aromatic rings. The second kappa shape index (κ2) is 6.41. The number of thiophene rings is 1. The Morgan fingerprint density at radius 3 is 2.84 bits per heavy atom. The van der Waals surface area contributed by atoms with Crippen molar-refractivity contribution in [2.24, 2.45) is 0 Å². The Morgan fingerprint density at radius 2 is 2.16 bits per heavy atom. The Bertz CT molecular complexity index is 600. The Balaban J connectivity index is 1.92. The topological polar surface area (TPSA) is 55.1 Å². The smallest absolute Gasteiger partial charge is 0.253 e. The van der Waals surface area contributed by atoms with E-state index in [0.29, 0.717) is 17.8 Å². The maximum atomic E-state index is 12.0. The molecule has 0 fully saturated rings. The molecule has 1 aromatic carbocycles. The maximum Gasteiger partial charge on any atom is 0.253 e. The molecule has 19 heavy (non-hydrogen) atoms. The zero-order valence-corrected chi connectivity index (χ0v) is 13.1. The van der Waals surface area contributed by atoms with Crippen molar-refractivity contribution in [3.8, 4) is 0 Å². The first-order chi connectivity index (χ1) is 9.06. The SMILES string of the molecule is Nc1ccc(Br)cc1C(=O)NCCc1ccc(Cl)s1. The summed E-state index contributed by atoms with van der Waals surface area (Å²) in [5.41, 5.74) is 6.74. The number of nitrogens with two attached hydrogens (primary N) is 1. The lowest BCUT2D eigenvalue weighted by atomic mass is 10.1. The van der Waals surface area contributed by atoms with E-state index < -0.39 is 0 Å². The van der Waals surface area contributed by atoms with Gasteiger partial charge in [-0.1, -0.05) is 27.5 Å². The third-order valence-electron chi connectivity index (χ3n) is 2.55. The summed E-state index contributed by atoms with van der Waals surface area (Å²) in [5, 5.41) is 2.85. The lowest BCUT2D eigenvalue weighted by molar-refractivity contribution is 0.0955. The first-order valence-corrected chi connectivity index (χ1v) is 7.62. The zero-order chi connectivity index (χ0) is 13.8. The van der Waals surface area contributed by atoms with E-state index in [0.717, 1.165) is 20.1 Å². The summed E-state index contributed by atoms with van der Waals surface area (Å²) >= 11 is 10.7. The molecule has 0 radical (unpaired) electrons. The summed E-state index contributed by atoms with van der Waals surface area (Å²) in [7, 11) is 0. The van der Waals surface area contributed by atoms with Crippen LogP contribution in [0.4, 0.5) is 5.69 Å². The molecule has 0 bridgehead atoms. The quantitative estimate of drug-likeness (QED) is 0.818. The third-order valence-corrected chi connectivity index (χ3v) is 4.33. The van der Waals surface area contributed by atoms with E-state index in [1.807, 2.05) is 12.1 Å². The van der Waals surface area contributed by atoms with E-state index in [1.165, 1.54) is 11.3 Å². The van der Waals surface area contributed by atoms with Gasteiger partial charge in [-0.25, -0.2) is 0 Å². The van der Waals surface area contributed by atoms with Crippen LogP contribution in [0.2, 0.25) is 4.34 Å². The molecule has 1 aromatic heterocycles. The Labute approximate surface area is 128 Å². The molecule has 2 rings (SSSR count). The van der Waals surface area contributed by atoms with E-state index >= 15 is 0 Å². The standard InChI is InChI=1S/C13H12BrClN2OS/c14-8-1-3-11(16)10(7-8)13(18)17-6-5-9-2-4-12(15)19-9/h1-4,7H,5-6,16H2,(H,17,18). The summed E-state index contributed by atoms with van der Waals surface area (Å²) in [6.45, 7) is 0.557. The minimum Gasteiger partial charge on any atom is -0.398 e. The number of hydrogen-bond acceptors (Lipinski definition) is 3. The van der Waals surface area contributed by atoms with Gasteiger partial charge in [0.15, 0.2) is 0 Å². The first-order valence-electron chi connectivity index (χ1n) is 5.63. The average molecular weight is 360 g/mol. The van der Waals surface area contributed by atoms with Gasteiger partial charge in [-0.3, -0.25) is 4.79 Å². The Hall–Kier alpha value is -1.04. The van der Waals surface area contributed by atoms with E-state index in [2.05, 4.69) is 21.2 Å². The maximum absolute atomic E-state index is 12.0. The van der Waals surface area contributed by atoms with E-state index in [4.69, 9.17) is 17.3 Å². The van der Waals surface area contributed by atoms with Crippen LogP contribution in [0.15, 0.2) is 34.8 Å². The van der Waals surface area contributed by atoms with Gasteiger partial charge in [0, 0.05) is 21.6 Å². The number of nitrogens with one attached hydrogen (secondary N) is 1. The van der Waals surface area contributed by atoms with Gasteiger partial charge in [0.1, 0.15) is 0 Å². The van der Waals surface area contributed by atoms with Crippen LogP contribution in [0.3, 0.4) is 0 Å². The van der Waals surface area contributed by atoms with Gasteiger partial charge in [0.05, 0.1) is 9.90 Å². The van der Waals surface area contributed by atoms with Crippen LogP contribution in [0.1, 0.15) is 15.2 Å². The van der Waals surface area contributed by atoms with Gasteiger partial charge in [-0.15, -0.1) is 11.3 Å². The van der Waals surface area contributed by atoms with Crippen LogP contribution >= 0.6 is 38.9 Å². The summed E-state index contributed by atoms with van der Waals surface area (Å²) in [6, 6.07) is 9.05. The van der Waals surface area contributed by atoms with Crippen molar-refractivity contribution in [3.05, 3.63) is 49.6 Å². The van der Waals surface area contributed by atoms with E-state index in [-0.39, 0.29) is 5.91 Å². The number of carbonyl (C=O) groups excluding carboxylic acids is 1. The molecule has 0 atom stereocenters.